The Morgan fingerprint density at radius 3 is 3.00 bits per heavy atom. The molecule has 0 fully saturated rings. The summed E-state index contributed by atoms with van der Waals surface area (Å²) in [7, 11) is 0. The molecule has 0 radical (unpaired) electrons. The first-order valence-corrected chi connectivity index (χ1v) is 6.09. The highest BCUT2D eigenvalue weighted by Crippen LogP contribution is 2.15. The summed E-state index contributed by atoms with van der Waals surface area (Å²) in [5, 5.41) is 21.4. The maximum atomic E-state index is 13.8. The second-order valence-corrected chi connectivity index (χ2v) is 4.03. The van der Waals surface area contributed by atoms with Crippen LogP contribution in [0.25, 0.3) is 0 Å². The second-order valence-electron chi connectivity index (χ2n) is 4.03. The first kappa shape index (κ1) is 14.6. The van der Waals surface area contributed by atoms with Crippen molar-refractivity contribution < 1.29 is 14.3 Å². The molecule has 0 aliphatic carbocycles. The van der Waals surface area contributed by atoms with Gasteiger partial charge in [-0.15, -0.1) is 5.10 Å². The first-order chi connectivity index (χ1) is 10.2. The van der Waals surface area contributed by atoms with Crippen molar-refractivity contribution in [3.8, 4) is 11.8 Å². The Morgan fingerprint density at radius 2 is 2.33 bits per heavy atom. The van der Waals surface area contributed by atoms with Crippen LogP contribution in [0.15, 0.2) is 24.5 Å². The van der Waals surface area contributed by atoms with E-state index >= 15 is 0 Å². The number of nitrogens with zero attached hydrogens (tertiary/aromatic N) is 4. The minimum Gasteiger partial charge on any atom is -0.395 e. The monoisotopic (exact) mass is 289 g/mol. The van der Waals surface area contributed by atoms with Crippen molar-refractivity contribution in [1.29, 1.82) is 0 Å². The van der Waals surface area contributed by atoms with Crippen LogP contribution in [0.3, 0.4) is 0 Å². The number of hydrogen-bond acceptors (Lipinski definition) is 5. The number of benzene rings is 1. The molecule has 1 aromatic heterocycles. The molecule has 1 aromatic carbocycles. The van der Waals surface area contributed by atoms with Crippen molar-refractivity contribution in [2.45, 2.75) is 13.0 Å². The molecule has 8 heteroatoms. The van der Waals surface area contributed by atoms with Crippen LogP contribution in [0.2, 0.25) is 0 Å². The van der Waals surface area contributed by atoms with E-state index in [1.54, 1.807) is 6.07 Å². The van der Waals surface area contributed by atoms with Gasteiger partial charge in [0.1, 0.15) is 18.7 Å². The van der Waals surface area contributed by atoms with Gasteiger partial charge in [-0.2, -0.15) is 0 Å². The van der Waals surface area contributed by atoms with E-state index in [0.717, 1.165) is 0 Å². The lowest BCUT2D eigenvalue weighted by molar-refractivity contribution is -0.117. The largest absolute Gasteiger partial charge is 0.395 e. The summed E-state index contributed by atoms with van der Waals surface area (Å²) in [6, 6.07) is 4.23. The molecule has 0 aliphatic rings. The lowest BCUT2D eigenvalue weighted by Gasteiger charge is -2.06. The third kappa shape index (κ3) is 4.36. The quantitative estimate of drug-likeness (QED) is 0.783. The number of carbonyl (C=O) groups is 1. The van der Waals surface area contributed by atoms with Gasteiger partial charge in [-0.3, -0.25) is 4.79 Å². The summed E-state index contributed by atoms with van der Waals surface area (Å²) < 4.78 is 15.0. The summed E-state index contributed by atoms with van der Waals surface area (Å²) in [5.74, 6) is 4.37. The molecule has 0 unspecified atom stereocenters. The number of rotatable bonds is 4. The Bertz CT molecular complexity index is 676. The molecule has 0 spiro atoms. The SMILES string of the molecule is O=C(Cn1cnnn1)Nc1ccc(C#CCCO)cc1F. The van der Waals surface area contributed by atoms with Crippen molar-refractivity contribution in [2.24, 2.45) is 0 Å². The Morgan fingerprint density at radius 1 is 1.48 bits per heavy atom. The molecule has 2 N–H and O–H groups in total. The molecule has 1 amide bonds. The van der Waals surface area contributed by atoms with Crippen molar-refractivity contribution >= 4 is 11.6 Å². The molecule has 1 heterocycles. The van der Waals surface area contributed by atoms with Gasteiger partial charge in [0.05, 0.1) is 12.3 Å². The van der Waals surface area contributed by atoms with Gasteiger partial charge >= 0.3 is 0 Å². The van der Waals surface area contributed by atoms with E-state index in [0.29, 0.717) is 12.0 Å². The van der Waals surface area contributed by atoms with Gasteiger partial charge < -0.3 is 10.4 Å². The van der Waals surface area contributed by atoms with Gasteiger partial charge in [-0.25, -0.2) is 9.07 Å². The molecule has 0 atom stereocenters. The number of halogens is 1. The molecular weight excluding hydrogens is 277 g/mol. The molecule has 2 aromatic rings. The molecule has 0 bridgehead atoms. The third-order valence-corrected chi connectivity index (χ3v) is 2.41. The average molecular weight is 289 g/mol. The Balaban J connectivity index is 2.01. The maximum Gasteiger partial charge on any atom is 0.246 e. The van der Waals surface area contributed by atoms with Gasteiger partial charge in [-0.05, 0) is 28.6 Å². The highest BCUT2D eigenvalue weighted by atomic mass is 19.1. The number of tetrazole rings is 1. The van der Waals surface area contributed by atoms with Crippen LogP contribution in [-0.4, -0.2) is 37.8 Å². The molecular formula is C13H12FN5O2. The molecule has 2 rings (SSSR count). The predicted octanol–water partition coefficient (Wildman–Crippen LogP) is 0.185. The number of aromatic nitrogens is 4. The highest BCUT2D eigenvalue weighted by Gasteiger charge is 2.08. The van der Waals surface area contributed by atoms with Crippen LogP contribution in [0.1, 0.15) is 12.0 Å². The number of amides is 1. The number of nitrogens with one attached hydrogen (secondary N) is 1. The summed E-state index contributed by atoms with van der Waals surface area (Å²) in [4.78, 5) is 11.7. The lowest BCUT2D eigenvalue weighted by atomic mass is 10.2. The lowest BCUT2D eigenvalue weighted by Crippen LogP contribution is -2.19. The van der Waals surface area contributed by atoms with Crippen LogP contribution < -0.4 is 5.32 Å². The third-order valence-electron chi connectivity index (χ3n) is 2.41. The smallest absolute Gasteiger partial charge is 0.246 e. The zero-order valence-electron chi connectivity index (χ0n) is 11.0. The Kier molecular flexibility index (Phi) is 4.95. The van der Waals surface area contributed by atoms with Crippen LogP contribution in [0.4, 0.5) is 10.1 Å². The van der Waals surface area contributed by atoms with E-state index in [4.69, 9.17) is 5.11 Å². The van der Waals surface area contributed by atoms with E-state index in [2.05, 4.69) is 32.7 Å². The summed E-state index contributed by atoms with van der Waals surface area (Å²) in [6.45, 7) is -0.148. The predicted molar refractivity (Wildman–Crippen MR) is 71.4 cm³/mol. The van der Waals surface area contributed by atoms with Crippen molar-refractivity contribution in [2.75, 3.05) is 11.9 Å². The van der Waals surface area contributed by atoms with E-state index < -0.39 is 11.7 Å². The minimum atomic E-state index is -0.587. The zero-order valence-corrected chi connectivity index (χ0v) is 11.0. The fraction of sp³-hybridized carbons (Fsp3) is 0.231. The average Bonchev–Trinajstić information content (AvgIpc) is 2.95. The number of carbonyl (C=O) groups excluding carboxylic acids is 1. The zero-order chi connectivity index (χ0) is 15.1. The van der Waals surface area contributed by atoms with E-state index in [-0.39, 0.29) is 18.8 Å². The van der Waals surface area contributed by atoms with Gasteiger partial charge in [-0.1, -0.05) is 11.8 Å². The van der Waals surface area contributed by atoms with Crippen LogP contribution in [0.5, 0.6) is 0 Å². The number of aliphatic hydroxyl groups is 1. The fourth-order valence-corrected chi connectivity index (χ4v) is 1.50. The topological polar surface area (TPSA) is 92.9 Å². The molecule has 0 aliphatic heterocycles. The first-order valence-electron chi connectivity index (χ1n) is 6.09. The van der Waals surface area contributed by atoms with Crippen LogP contribution in [0, 0.1) is 17.7 Å². The molecule has 7 nitrogen and oxygen atoms in total. The van der Waals surface area contributed by atoms with E-state index in [1.807, 2.05) is 0 Å². The summed E-state index contributed by atoms with van der Waals surface area (Å²) in [5.41, 5.74) is 0.528. The van der Waals surface area contributed by atoms with Crippen molar-refractivity contribution in [3.05, 3.63) is 35.9 Å². The molecule has 21 heavy (non-hydrogen) atoms. The van der Waals surface area contributed by atoms with Crippen molar-refractivity contribution in [3.63, 3.8) is 0 Å². The summed E-state index contributed by atoms with van der Waals surface area (Å²) in [6.07, 6.45) is 1.61. The van der Waals surface area contributed by atoms with Crippen LogP contribution in [-0.2, 0) is 11.3 Å². The van der Waals surface area contributed by atoms with Gasteiger partial charge in [0.15, 0.2) is 0 Å². The summed E-state index contributed by atoms with van der Waals surface area (Å²) >= 11 is 0. The molecule has 108 valence electrons. The second kappa shape index (κ2) is 7.12. The van der Waals surface area contributed by atoms with Crippen molar-refractivity contribution in [1.82, 2.24) is 20.2 Å². The van der Waals surface area contributed by atoms with Gasteiger partial charge in [0, 0.05) is 12.0 Å². The van der Waals surface area contributed by atoms with Gasteiger partial charge in [0.2, 0.25) is 5.91 Å². The van der Waals surface area contributed by atoms with E-state index in [9.17, 15) is 9.18 Å². The molecule has 0 saturated heterocycles. The highest BCUT2D eigenvalue weighted by molar-refractivity contribution is 5.90. The van der Waals surface area contributed by atoms with Gasteiger partial charge in [0.25, 0.3) is 0 Å². The molecule has 0 saturated carbocycles. The maximum absolute atomic E-state index is 13.8. The standard InChI is InChI=1S/C13H12FN5O2/c14-11-7-10(3-1-2-6-20)4-5-12(11)16-13(21)8-19-9-15-17-18-19/h4-5,7,9,20H,2,6,8H2,(H,16,21). The Labute approximate surface area is 119 Å². The fourth-order valence-electron chi connectivity index (χ4n) is 1.50. The Hall–Kier alpha value is -2.79. The van der Waals surface area contributed by atoms with Crippen LogP contribution >= 0.6 is 0 Å². The number of anilines is 1. The number of hydrogen-bond donors (Lipinski definition) is 2. The normalized spacial score (nSPS) is 9.81. The minimum absolute atomic E-state index is 0.0409. The number of aliphatic hydroxyl groups excluding tert-OH is 1. The van der Waals surface area contributed by atoms with E-state index in [1.165, 1.54) is 23.1 Å².